The van der Waals surface area contributed by atoms with Crippen LogP contribution in [0.1, 0.15) is 29.6 Å². The highest BCUT2D eigenvalue weighted by Gasteiger charge is 2.21. The summed E-state index contributed by atoms with van der Waals surface area (Å²) in [5, 5.41) is 11.6. The number of likely N-dealkylation sites (tertiary alicyclic amines) is 1. The Morgan fingerprint density at radius 1 is 1.24 bits per heavy atom. The maximum atomic E-state index is 12.8. The second-order valence-electron chi connectivity index (χ2n) is 5.24. The van der Waals surface area contributed by atoms with E-state index in [1.54, 1.807) is 0 Å². The topological polar surface area (TPSA) is 69.6 Å². The van der Waals surface area contributed by atoms with Crippen molar-refractivity contribution in [3.63, 3.8) is 0 Å². The lowest BCUT2D eigenvalue weighted by molar-refractivity contribution is -0.137. The van der Waals surface area contributed by atoms with Crippen LogP contribution in [0.15, 0.2) is 24.3 Å². The van der Waals surface area contributed by atoms with Gasteiger partial charge in [0.25, 0.3) is 5.91 Å². The van der Waals surface area contributed by atoms with E-state index in [0.29, 0.717) is 12.1 Å². The summed E-state index contributed by atoms with van der Waals surface area (Å²) >= 11 is 0. The van der Waals surface area contributed by atoms with Crippen LogP contribution in [0.3, 0.4) is 0 Å². The van der Waals surface area contributed by atoms with Crippen LogP contribution in [0.4, 0.5) is 4.39 Å². The first-order valence-electron chi connectivity index (χ1n) is 7.05. The molecule has 5 nitrogen and oxygen atoms in total. The number of carbonyl (C=O) groups is 2. The van der Waals surface area contributed by atoms with Gasteiger partial charge >= 0.3 is 5.97 Å². The summed E-state index contributed by atoms with van der Waals surface area (Å²) in [6.45, 7) is 2.11. The molecule has 0 bridgehead atoms. The van der Waals surface area contributed by atoms with Crippen LogP contribution in [0, 0.1) is 5.82 Å². The third-order valence-corrected chi connectivity index (χ3v) is 3.67. The number of nitrogens with one attached hydrogen (secondary N) is 1. The van der Waals surface area contributed by atoms with Crippen molar-refractivity contribution < 1.29 is 19.1 Å². The fourth-order valence-electron chi connectivity index (χ4n) is 2.42. The van der Waals surface area contributed by atoms with E-state index in [4.69, 9.17) is 5.11 Å². The Morgan fingerprint density at radius 2 is 1.86 bits per heavy atom. The number of carboxylic acids is 1. The van der Waals surface area contributed by atoms with Gasteiger partial charge < -0.3 is 15.3 Å². The Labute approximate surface area is 122 Å². The molecule has 1 heterocycles. The van der Waals surface area contributed by atoms with E-state index in [-0.39, 0.29) is 24.2 Å². The number of aliphatic carboxylic acids is 1. The summed E-state index contributed by atoms with van der Waals surface area (Å²) in [5.74, 6) is -1.35. The molecule has 1 aromatic carbocycles. The molecule has 1 amide bonds. The van der Waals surface area contributed by atoms with Crippen LogP contribution in [0.5, 0.6) is 0 Å². The average Bonchev–Trinajstić information content (AvgIpc) is 2.47. The van der Waals surface area contributed by atoms with Crippen molar-refractivity contribution in [1.29, 1.82) is 0 Å². The van der Waals surface area contributed by atoms with Gasteiger partial charge in [0.15, 0.2) is 0 Å². The average molecular weight is 294 g/mol. The number of piperidine rings is 1. The SMILES string of the molecule is O=C(O)CCN1CCC(NC(=O)c2ccc(F)cc2)CC1. The molecule has 0 spiro atoms. The number of hydrogen-bond acceptors (Lipinski definition) is 3. The van der Waals surface area contributed by atoms with Crippen LogP contribution < -0.4 is 5.32 Å². The van der Waals surface area contributed by atoms with Gasteiger partial charge in [0, 0.05) is 31.2 Å². The highest BCUT2D eigenvalue weighted by atomic mass is 19.1. The minimum Gasteiger partial charge on any atom is -0.481 e. The van der Waals surface area contributed by atoms with E-state index in [9.17, 15) is 14.0 Å². The van der Waals surface area contributed by atoms with Crippen LogP contribution in [-0.2, 0) is 4.79 Å². The molecular formula is C15H19FN2O3. The Balaban J connectivity index is 1.76. The summed E-state index contributed by atoms with van der Waals surface area (Å²) in [5.41, 5.74) is 0.449. The zero-order chi connectivity index (χ0) is 15.2. The van der Waals surface area contributed by atoms with E-state index in [1.807, 2.05) is 0 Å². The number of benzene rings is 1. The third kappa shape index (κ3) is 4.82. The molecule has 2 rings (SSSR count). The van der Waals surface area contributed by atoms with E-state index < -0.39 is 5.97 Å². The van der Waals surface area contributed by atoms with Crippen molar-refractivity contribution in [2.75, 3.05) is 19.6 Å². The van der Waals surface area contributed by atoms with Gasteiger partial charge in [-0.25, -0.2) is 4.39 Å². The minimum absolute atomic E-state index is 0.0867. The normalized spacial score (nSPS) is 16.6. The first kappa shape index (κ1) is 15.4. The number of amides is 1. The largest absolute Gasteiger partial charge is 0.481 e. The molecule has 6 heteroatoms. The Kier molecular flexibility index (Phi) is 5.27. The number of carbonyl (C=O) groups excluding carboxylic acids is 1. The second kappa shape index (κ2) is 7.17. The van der Waals surface area contributed by atoms with Crippen LogP contribution in [0.25, 0.3) is 0 Å². The minimum atomic E-state index is -0.790. The van der Waals surface area contributed by atoms with E-state index >= 15 is 0 Å². The van der Waals surface area contributed by atoms with Gasteiger partial charge in [0.05, 0.1) is 6.42 Å². The summed E-state index contributed by atoms with van der Waals surface area (Å²) in [6.07, 6.45) is 1.74. The summed E-state index contributed by atoms with van der Waals surface area (Å²) in [6, 6.07) is 5.55. The molecule has 0 unspecified atom stereocenters. The first-order valence-corrected chi connectivity index (χ1v) is 7.05. The number of carboxylic acid groups (broad SMARTS) is 1. The van der Waals surface area contributed by atoms with Crippen molar-refractivity contribution in [3.8, 4) is 0 Å². The van der Waals surface area contributed by atoms with Gasteiger partial charge in [-0.1, -0.05) is 0 Å². The van der Waals surface area contributed by atoms with Gasteiger partial charge in [-0.15, -0.1) is 0 Å². The highest BCUT2D eigenvalue weighted by Crippen LogP contribution is 2.12. The summed E-state index contributed by atoms with van der Waals surface area (Å²) < 4.78 is 12.8. The predicted molar refractivity (Wildman–Crippen MR) is 75.6 cm³/mol. The molecule has 114 valence electrons. The molecule has 0 atom stereocenters. The molecular weight excluding hydrogens is 275 g/mol. The summed E-state index contributed by atoms with van der Waals surface area (Å²) in [4.78, 5) is 24.6. The monoisotopic (exact) mass is 294 g/mol. The number of rotatable bonds is 5. The van der Waals surface area contributed by atoms with Crippen molar-refractivity contribution in [2.45, 2.75) is 25.3 Å². The smallest absolute Gasteiger partial charge is 0.304 e. The number of halogens is 1. The lowest BCUT2D eigenvalue weighted by Gasteiger charge is -2.32. The Bertz CT molecular complexity index is 496. The molecule has 0 saturated carbocycles. The maximum absolute atomic E-state index is 12.8. The molecule has 21 heavy (non-hydrogen) atoms. The zero-order valence-corrected chi connectivity index (χ0v) is 11.7. The van der Waals surface area contributed by atoms with Gasteiger partial charge in [0.2, 0.25) is 0 Å². The quantitative estimate of drug-likeness (QED) is 0.863. The Morgan fingerprint density at radius 3 is 2.43 bits per heavy atom. The fraction of sp³-hybridized carbons (Fsp3) is 0.467. The standard InChI is InChI=1S/C15H19FN2O3/c16-12-3-1-11(2-4-12)15(21)17-13-5-8-18(9-6-13)10-7-14(19)20/h1-4,13H,5-10H2,(H,17,21)(H,19,20). The molecule has 2 N–H and O–H groups in total. The van der Waals surface area contributed by atoms with Gasteiger partial charge in [-0.3, -0.25) is 9.59 Å². The molecule has 1 aromatic rings. The van der Waals surface area contributed by atoms with E-state index in [2.05, 4.69) is 10.2 Å². The fourth-order valence-corrected chi connectivity index (χ4v) is 2.42. The molecule has 0 aliphatic carbocycles. The predicted octanol–water partition coefficient (Wildman–Crippen LogP) is 1.49. The third-order valence-electron chi connectivity index (χ3n) is 3.67. The van der Waals surface area contributed by atoms with Gasteiger partial charge in [-0.2, -0.15) is 0 Å². The lowest BCUT2D eigenvalue weighted by Crippen LogP contribution is -2.45. The highest BCUT2D eigenvalue weighted by molar-refractivity contribution is 5.94. The van der Waals surface area contributed by atoms with Crippen LogP contribution in [0.2, 0.25) is 0 Å². The van der Waals surface area contributed by atoms with Gasteiger partial charge in [0.1, 0.15) is 5.82 Å². The Hall–Kier alpha value is -1.95. The molecule has 1 aliphatic heterocycles. The molecule has 1 aliphatic rings. The van der Waals surface area contributed by atoms with Crippen molar-refractivity contribution in [1.82, 2.24) is 10.2 Å². The summed E-state index contributed by atoms with van der Waals surface area (Å²) in [7, 11) is 0. The second-order valence-corrected chi connectivity index (χ2v) is 5.24. The first-order chi connectivity index (χ1) is 10.0. The van der Waals surface area contributed by atoms with Crippen molar-refractivity contribution in [3.05, 3.63) is 35.6 Å². The number of hydrogen-bond donors (Lipinski definition) is 2. The molecule has 1 fully saturated rings. The molecule has 0 aromatic heterocycles. The van der Waals surface area contributed by atoms with Crippen molar-refractivity contribution >= 4 is 11.9 Å². The van der Waals surface area contributed by atoms with Crippen molar-refractivity contribution in [2.24, 2.45) is 0 Å². The maximum Gasteiger partial charge on any atom is 0.304 e. The van der Waals surface area contributed by atoms with E-state index in [0.717, 1.165) is 25.9 Å². The van der Waals surface area contributed by atoms with Crippen LogP contribution >= 0.6 is 0 Å². The zero-order valence-electron chi connectivity index (χ0n) is 11.7. The van der Waals surface area contributed by atoms with Gasteiger partial charge in [-0.05, 0) is 37.1 Å². The van der Waals surface area contributed by atoms with Crippen LogP contribution in [-0.4, -0.2) is 47.6 Å². The number of nitrogens with zero attached hydrogens (tertiary/aromatic N) is 1. The van der Waals surface area contributed by atoms with E-state index in [1.165, 1.54) is 24.3 Å². The molecule has 0 radical (unpaired) electrons. The molecule has 1 saturated heterocycles. The lowest BCUT2D eigenvalue weighted by atomic mass is 10.0.